The number of pyridine rings is 1. The summed E-state index contributed by atoms with van der Waals surface area (Å²) in [7, 11) is 0. The van der Waals surface area contributed by atoms with Gasteiger partial charge in [0.15, 0.2) is 0 Å². The lowest BCUT2D eigenvalue weighted by molar-refractivity contribution is -0.137. The molecule has 0 aliphatic heterocycles. The molecule has 0 saturated carbocycles. The topological polar surface area (TPSA) is 30.0 Å². The van der Waals surface area contributed by atoms with E-state index in [2.05, 4.69) is 20.9 Å². The van der Waals surface area contributed by atoms with Crippen LogP contribution in [0.1, 0.15) is 56.4 Å². The minimum absolute atomic E-state index is 0.0555. The number of nitrogens with zero attached hydrogens (tertiary/aromatic N) is 1. The highest BCUT2D eigenvalue weighted by molar-refractivity contribution is 9.10. The maximum atomic E-state index is 12.8. The molecule has 0 aliphatic carbocycles. The van der Waals surface area contributed by atoms with Crippen LogP contribution in [0.2, 0.25) is 0 Å². The zero-order valence-electron chi connectivity index (χ0n) is 14.9. The van der Waals surface area contributed by atoms with E-state index in [0.29, 0.717) is 17.7 Å². The van der Waals surface area contributed by atoms with Gasteiger partial charge in [-0.3, -0.25) is 9.78 Å². The lowest BCUT2D eigenvalue weighted by Crippen LogP contribution is -2.17. The second-order valence-electron chi connectivity index (χ2n) is 7.52. The molecule has 0 saturated heterocycles. The Hall–Kier alpha value is -1.69. The predicted molar refractivity (Wildman–Crippen MR) is 98.9 cm³/mol. The lowest BCUT2D eigenvalue weighted by atomic mass is 9.84. The first-order valence-electron chi connectivity index (χ1n) is 8.26. The molecule has 0 bridgehead atoms. The maximum Gasteiger partial charge on any atom is 0.416 e. The molecule has 1 atom stereocenters. The highest BCUT2D eigenvalue weighted by Crippen LogP contribution is 2.35. The van der Waals surface area contributed by atoms with Gasteiger partial charge in [0.05, 0.1) is 11.3 Å². The number of aromatic nitrogens is 1. The van der Waals surface area contributed by atoms with Crippen LogP contribution in [0.15, 0.2) is 47.1 Å². The molecular weight excluding hydrogens is 407 g/mol. The Bertz CT molecular complexity index is 764. The van der Waals surface area contributed by atoms with Gasteiger partial charge in [0.1, 0.15) is 5.78 Å². The van der Waals surface area contributed by atoms with Crippen LogP contribution in [0.4, 0.5) is 13.2 Å². The van der Waals surface area contributed by atoms with Gasteiger partial charge in [0.25, 0.3) is 0 Å². The van der Waals surface area contributed by atoms with Gasteiger partial charge >= 0.3 is 6.18 Å². The van der Waals surface area contributed by atoms with Crippen molar-refractivity contribution in [1.29, 1.82) is 0 Å². The molecule has 140 valence electrons. The number of carbonyl (C=O) groups excluding carboxylic acids is 1. The molecule has 2 rings (SSSR count). The van der Waals surface area contributed by atoms with Crippen molar-refractivity contribution in [2.45, 2.75) is 45.7 Å². The fourth-order valence-electron chi connectivity index (χ4n) is 2.82. The van der Waals surface area contributed by atoms with Gasteiger partial charge in [0.2, 0.25) is 0 Å². The number of hydrogen-bond acceptors (Lipinski definition) is 2. The second-order valence-corrected chi connectivity index (χ2v) is 8.38. The standard InChI is InChI=1S/C20H21BrF3NO/c1-19(2,3)12-15(26)11-16(18-17(21)5-4-10-25-18)13-6-8-14(9-7-13)20(22,23)24/h4-10,16H,11-12H2,1-3H3/t16-/m0/s1. The van der Waals surface area contributed by atoms with Crippen molar-refractivity contribution in [3.8, 4) is 0 Å². The first-order valence-corrected chi connectivity index (χ1v) is 9.06. The summed E-state index contributed by atoms with van der Waals surface area (Å²) in [4.78, 5) is 16.9. The number of ketones is 1. The second kappa shape index (κ2) is 7.91. The highest BCUT2D eigenvalue weighted by Gasteiger charge is 2.31. The first kappa shape index (κ1) is 20.6. The number of rotatable bonds is 5. The fraction of sp³-hybridized carbons (Fsp3) is 0.400. The van der Waals surface area contributed by atoms with E-state index < -0.39 is 17.7 Å². The molecule has 0 fully saturated rings. The third kappa shape index (κ3) is 5.66. The van der Waals surface area contributed by atoms with E-state index in [0.717, 1.165) is 16.6 Å². The van der Waals surface area contributed by atoms with Gasteiger partial charge < -0.3 is 0 Å². The number of hydrogen-bond donors (Lipinski definition) is 0. The average Bonchev–Trinajstić information content (AvgIpc) is 2.51. The van der Waals surface area contributed by atoms with E-state index in [-0.39, 0.29) is 17.6 Å². The van der Waals surface area contributed by atoms with Gasteiger partial charge in [-0.05, 0) is 51.2 Å². The molecule has 6 heteroatoms. The molecule has 2 nitrogen and oxygen atoms in total. The van der Waals surface area contributed by atoms with Crippen LogP contribution in [0.5, 0.6) is 0 Å². The largest absolute Gasteiger partial charge is 0.416 e. The summed E-state index contributed by atoms with van der Waals surface area (Å²) in [6, 6.07) is 8.53. The number of halogens is 4. The molecule has 1 heterocycles. The van der Waals surface area contributed by atoms with Gasteiger partial charge in [0, 0.05) is 29.4 Å². The number of Topliss-reactive ketones (excluding diaryl/α,β-unsaturated/α-hetero) is 1. The molecule has 1 aromatic carbocycles. The first-order chi connectivity index (χ1) is 12.0. The zero-order chi connectivity index (χ0) is 19.5. The van der Waals surface area contributed by atoms with Crippen LogP contribution >= 0.6 is 15.9 Å². The summed E-state index contributed by atoms with van der Waals surface area (Å²) in [5, 5.41) is 0. The molecule has 0 aliphatic rings. The predicted octanol–water partition coefficient (Wildman–Crippen LogP) is 6.39. The fourth-order valence-corrected chi connectivity index (χ4v) is 3.35. The summed E-state index contributed by atoms with van der Waals surface area (Å²) in [5.74, 6) is -0.345. The van der Waals surface area contributed by atoms with E-state index >= 15 is 0 Å². The minimum Gasteiger partial charge on any atom is -0.300 e. The molecule has 1 aromatic heterocycles. The summed E-state index contributed by atoms with van der Waals surface area (Å²) in [5.41, 5.74) is 0.429. The average molecular weight is 428 g/mol. The normalized spacial score (nSPS) is 13.5. The van der Waals surface area contributed by atoms with Crippen molar-refractivity contribution in [1.82, 2.24) is 4.98 Å². The quantitative estimate of drug-likeness (QED) is 0.553. The van der Waals surface area contributed by atoms with Crippen LogP contribution in [0.25, 0.3) is 0 Å². The van der Waals surface area contributed by atoms with Gasteiger partial charge in [-0.25, -0.2) is 0 Å². The van der Waals surface area contributed by atoms with Crippen molar-refractivity contribution in [3.63, 3.8) is 0 Å². The number of benzene rings is 1. The zero-order valence-corrected chi connectivity index (χ0v) is 16.5. The minimum atomic E-state index is -4.39. The maximum absolute atomic E-state index is 12.8. The van der Waals surface area contributed by atoms with E-state index in [9.17, 15) is 18.0 Å². The van der Waals surface area contributed by atoms with Crippen molar-refractivity contribution < 1.29 is 18.0 Å². The number of carbonyl (C=O) groups is 1. The Kier molecular flexibility index (Phi) is 6.27. The third-order valence-electron chi connectivity index (χ3n) is 3.92. The number of alkyl halides is 3. The van der Waals surface area contributed by atoms with Gasteiger partial charge in [-0.2, -0.15) is 13.2 Å². The van der Waals surface area contributed by atoms with Gasteiger partial charge in [-0.15, -0.1) is 0 Å². The van der Waals surface area contributed by atoms with Crippen LogP contribution in [-0.2, 0) is 11.0 Å². The van der Waals surface area contributed by atoms with Crippen molar-refractivity contribution in [3.05, 3.63) is 63.9 Å². The van der Waals surface area contributed by atoms with Crippen LogP contribution in [0.3, 0.4) is 0 Å². The van der Waals surface area contributed by atoms with Crippen LogP contribution < -0.4 is 0 Å². The smallest absolute Gasteiger partial charge is 0.300 e. The van der Waals surface area contributed by atoms with Gasteiger partial charge in [-0.1, -0.05) is 32.9 Å². The molecule has 0 amide bonds. The molecular formula is C20H21BrF3NO. The third-order valence-corrected chi connectivity index (χ3v) is 4.59. The van der Waals surface area contributed by atoms with E-state index in [1.54, 1.807) is 12.3 Å². The van der Waals surface area contributed by atoms with Crippen LogP contribution in [0, 0.1) is 5.41 Å². The SMILES string of the molecule is CC(C)(C)CC(=O)C[C@@H](c1ccc(C(F)(F)F)cc1)c1ncccc1Br. The van der Waals surface area contributed by atoms with E-state index in [4.69, 9.17) is 0 Å². The molecule has 0 unspecified atom stereocenters. The molecule has 0 radical (unpaired) electrons. The summed E-state index contributed by atoms with van der Waals surface area (Å²) in [6.45, 7) is 5.94. The Balaban J connectivity index is 2.38. The lowest BCUT2D eigenvalue weighted by Gasteiger charge is -2.21. The molecule has 0 spiro atoms. The Morgan fingerprint density at radius 1 is 1.12 bits per heavy atom. The molecule has 2 aromatic rings. The highest BCUT2D eigenvalue weighted by atomic mass is 79.9. The summed E-state index contributed by atoms with van der Waals surface area (Å²) >= 11 is 3.44. The summed E-state index contributed by atoms with van der Waals surface area (Å²) < 4.78 is 39.2. The molecule has 0 N–H and O–H groups in total. The Morgan fingerprint density at radius 3 is 2.23 bits per heavy atom. The van der Waals surface area contributed by atoms with Crippen molar-refractivity contribution in [2.75, 3.05) is 0 Å². The van der Waals surface area contributed by atoms with Crippen molar-refractivity contribution >= 4 is 21.7 Å². The molecule has 26 heavy (non-hydrogen) atoms. The Morgan fingerprint density at radius 2 is 1.73 bits per heavy atom. The Labute approximate surface area is 160 Å². The summed E-state index contributed by atoms with van der Waals surface area (Å²) in [6.07, 6.45) is -2.18. The van der Waals surface area contributed by atoms with E-state index in [1.807, 2.05) is 26.8 Å². The van der Waals surface area contributed by atoms with E-state index in [1.165, 1.54) is 12.1 Å². The van der Waals surface area contributed by atoms with Crippen LogP contribution in [-0.4, -0.2) is 10.8 Å². The monoisotopic (exact) mass is 427 g/mol. The van der Waals surface area contributed by atoms with Crippen molar-refractivity contribution in [2.24, 2.45) is 5.41 Å².